The SMILES string of the molecule is Cc1ccc(C(NN)c2cccc3nccnc23)cc1. The van der Waals surface area contributed by atoms with Gasteiger partial charge in [0.15, 0.2) is 0 Å². The minimum Gasteiger partial charge on any atom is -0.271 e. The predicted molar refractivity (Wildman–Crippen MR) is 79.9 cm³/mol. The van der Waals surface area contributed by atoms with Crippen molar-refractivity contribution < 1.29 is 0 Å². The molecule has 1 aromatic heterocycles. The first kappa shape index (κ1) is 12.7. The van der Waals surface area contributed by atoms with Crippen molar-refractivity contribution in [2.45, 2.75) is 13.0 Å². The molecule has 0 aliphatic rings. The fourth-order valence-corrected chi connectivity index (χ4v) is 2.37. The van der Waals surface area contributed by atoms with Crippen molar-refractivity contribution in [2.75, 3.05) is 0 Å². The van der Waals surface area contributed by atoms with Crippen LogP contribution in [-0.4, -0.2) is 9.97 Å². The van der Waals surface area contributed by atoms with E-state index in [4.69, 9.17) is 5.84 Å². The van der Waals surface area contributed by atoms with E-state index >= 15 is 0 Å². The lowest BCUT2D eigenvalue weighted by molar-refractivity contribution is 0.639. The highest BCUT2D eigenvalue weighted by atomic mass is 15.2. The zero-order valence-electron chi connectivity index (χ0n) is 11.2. The van der Waals surface area contributed by atoms with Crippen molar-refractivity contribution in [1.29, 1.82) is 0 Å². The Balaban J connectivity index is 2.14. The molecule has 20 heavy (non-hydrogen) atoms. The predicted octanol–water partition coefficient (Wildman–Crippen LogP) is 2.49. The Bertz CT molecular complexity index is 717. The molecule has 4 heteroatoms. The molecule has 1 unspecified atom stereocenters. The smallest absolute Gasteiger partial charge is 0.0938 e. The number of hydrogen-bond acceptors (Lipinski definition) is 4. The monoisotopic (exact) mass is 264 g/mol. The van der Waals surface area contributed by atoms with Gasteiger partial charge < -0.3 is 0 Å². The summed E-state index contributed by atoms with van der Waals surface area (Å²) in [5.74, 6) is 5.77. The van der Waals surface area contributed by atoms with E-state index in [0.717, 1.165) is 22.2 Å². The summed E-state index contributed by atoms with van der Waals surface area (Å²) in [5.41, 5.74) is 7.99. The highest BCUT2D eigenvalue weighted by Gasteiger charge is 2.15. The number of aromatic nitrogens is 2. The molecule has 0 fully saturated rings. The molecule has 3 aromatic rings. The lowest BCUT2D eigenvalue weighted by atomic mass is 9.97. The van der Waals surface area contributed by atoms with Crippen LogP contribution < -0.4 is 11.3 Å². The van der Waals surface area contributed by atoms with Crippen molar-refractivity contribution in [3.05, 3.63) is 71.5 Å². The Morgan fingerprint density at radius 1 is 1.00 bits per heavy atom. The zero-order valence-corrected chi connectivity index (χ0v) is 11.2. The molecule has 0 saturated carbocycles. The van der Waals surface area contributed by atoms with Crippen LogP contribution in [-0.2, 0) is 0 Å². The molecule has 1 heterocycles. The highest BCUT2D eigenvalue weighted by molar-refractivity contribution is 5.78. The molecule has 0 aliphatic heterocycles. The molecule has 3 N–H and O–H groups in total. The summed E-state index contributed by atoms with van der Waals surface area (Å²) in [6.45, 7) is 2.07. The van der Waals surface area contributed by atoms with Crippen LogP contribution in [0.5, 0.6) is 0 Å². The summed E-state index contributed by atoms with van der Waals surface area (Å²) in [5, 5.41) is 0. The lowest BCUT2D eigenvalue weighted by Gasteiger charge is -2.18. The average Bonchev–Trinajstić information content (AvgIpc) is 2.50. The number of benzene rings is 2. The van der Waals surface area contributed by atoms with Crippen LogP contribution >= 0.6 is 0 Å². The Kier molecular flexibility index (Phi) is 3.41. The Hall–Kier alpha value is -2.30. The second-order valence-electron chi connectivity index (χ2n) is 4.78. The van der Waals surface area contributed by atoms with Gasteiger partial charge in [0.2, 0.25) is 0 Å². The van der Waals surface area contributed by atoms with Gasteiger partial charge in [-0.05, 0) is 18.6 Å². The number of hydrazine groups is 1. The standard InChI is InChI=1S/C16H16N4/c1-11-5-7-12(8-6-11)15(20-17)13-3-2-4-14-16(13)19-10-9-18-14/h2-10,15,20H,17H2,1H3. The maximum Gasteiger partial charge on any atom is 0.0938 e. The summed E-state index contributed by atoms with van der Waals surface area (Å²) in [4.78, 5) is 8.77. The first-order valence-electron chi connectivity index (χ1n) is 6.52. The van der Waals surface area contributed by atoms with E-state index in [9.17, 15) is 0 Å². The van der Waals surface area contributed by atoms with Crippen molar-refractivity contribution in [1.82, 2.24) is 15.4 Å². The quantitative estimate of drug-likeness (QED) is 0.563. The van der Waals surface area contributed by atoms with E-state index in [0.29, 0.717) is 0 Å². The lowest BCUT2D eigenvalue weighted by Crippen LogP contribution is -2.29. The molecule has 100 valence electrons. The first-order chi connectivity index (χ1) is 9.79. The van der Waals surface area contributed by atoms with Crippen LogP contribution in [0.2, 0.25) is 0 Å². The molecule has 0 saturated heterocycles. The summed E-state index contributed by atoms with van der Waals surface area (Å²) in [6, 6.07) is 14.2. The molecule has 0 radical (unpaired) electrons. The van der Waals surface area contributed by atoms with Crippen LogP contribution in [0.3, 0.4) is 0 Å². The van der Waals surface area contributed by atoms with Crippen molar-refractivity contribution in [2.24, 2.45) is 5.84 Å². The molecule has 3 rings (SSSR count). The first-order valence-corrected chi connectivity index (χ1v) is 6.52. The number of hydrogen-bond donors (Lipinski definition) is 2. The molecular formula is C16H16N4. The molecule has 1 atom stereocenters. The van der Waals surface area contributed by atoms with E-state index in [-0.39, 0.29) is 6.04 Å². The fourth-order valence-electron chi connectivity index (χ4n) is 2.37. The molecule has 0 spiro atoms. The fraction of sp³-hybridized carbons (Fsp3) is 0.125. The zero-order chi connectivity index (χ0) is 13.9. The van der Waals surface area contributed by atoms with E-state index in [1.54, 1.807) is 12.4 Å². The van der Waals surface area contributed by atoms with Gasteiger partial charge in [-0.3, -0.25) is 15.8 Å². The molecule has 0 aliphatic carbocycles. The van der Waals surface area contributed by atoms with E-state index in [2.05, 4.69) is 46.6 Å². The van der Waals surface area contributed by atoms with Crippen LogP contribution in [0.25, 0.3) is 11.0 Å². The van der Waals surface area contributed by atoms with Crippen LogP contribution in [0.15, 0.2) is 54.9 Å². The van der Waals surface area contributed by atoms with E-state index in [1.807, 2.05) is 18.2 Å². The Labute approximate surface area is 117 Å². The molecule has 2 aromatic carbocycles. The van der Waals surface area contributed by atoms with Gasteiger partial charge in [0.1, 0.15) is 0 Å². The highest BCUT2D eigenvalue weighted by Crippen LogP contribution is 2.26. The number of fused-ring (bicyclic) bond motifs is 1. The summed E-state index contributed by atoms with van der Waals surface area (Å²) in [6.07, 6.45) is 3.40. The topological polar surface area (TPSA) is 63.8 Å². The Morgan fingerprint density at radius 3 is 2.50 bits per heavy atom. The minimum absolute atomic E-state index is 0.101. The van der Waals surface area contributed by atoms with Crippen LogP contribution in [0.1, 0.15) is 22.7 Å². The number of para-hydroxylation sites is 1. The number of nitrogens with two attached hydrogens (primary N) is 1. The number of aryl methyl sites for hydroxylation is 1. The van der Waals surface area contributed by atoms with Gasteiger partial charge >= 0.3 is 0 Å². The molecule has 4 nitrogen and oxygen atoms in total. The van der Waals surface area contributed by atoms with Crippen molar-refractivity contribution in [3.8, 4) is 0 Å². The van der Waals surface area contributed by atoms with E-state index < -0.39 is 0 Å². The number of rotatable bonds is 3. The normalized spacial score (nSPS) is 12.5. The van der Waals surface area contributed by atoms with Gasteiger partial charge in [-0.25, -0.2) is 5.43 Å². The molecular weight excluding hydrogens is 248 g/mol. The summed E-state index contributed by atoms with van der Waals surface area (Å²) in [7, 11) is 0. The molecule has 0 amide bonds. The molecule has 0 bridgehead atoms. The second-order valence-corrected chi connectivity index (χ2v) is 4.78. The third-order valence-corrected chi connectivity index (χ3v) is 3.42. The number of nitrogens with zero attached hydrogens (tertiary/aromatic N) is 2. The van der Waals surface area contributed by atoms with Gasteiger partial charge in [-0.1, -0.05) is 42.0 Å². The van der Waals surface area contributed by atoms with Gasteiger partial charge in [-0.15, -0.1) is 0 Å². The third kappa shape index (κ3) is 2.27. The minimum atomic E-state index is -0.101. The van der Waals surface area contributed by atoms with Crippen molar-refractivity contribution >= 4 is 11.0 Å². The number of nitrogens with one attached hydrogen (secondary N) is 1. The maximum absolute atomic E-state index is 5.77. The Morgan fingerprint density at radius 2 is 1.75 bits per heavy atom. The van der Waals surface area contributed by atoms with Gasteiger partial charge in [-0.2, -0.15) is 0 Å². The van der Waals surface area contributed by atoms with E-state index in [1.165, 1.54) is 5.56 Å². The van der Waals surface area contributed by atoms with Crippen LogP contribution in [0.4, 0.5) is 0 Å². The summed E-state index contributed by atoms with van der Waals surface area (Å²) < 4.78 is 0. The van der Waals surface area contributed by atoms with Gasteiger partial charge in [0.05, 0.1) is 17.1 Å². The van der Waals surface area contributed by atoms with Gasteiger partial charge in [0, 0.05) is 18.0 Å². The van der Waals surface area contributed by atoms with Gasteiger partial charge in [0.25, 0.3) is 0 Å². The maximum atomic E-state index is 5.77. The van der Waals surface area contributed by atoms with Crippen molar-refractivity contribution in [3.63, 3.8) is 0 Å². The second kappa shape index (κ2) is 5.36. The third-order valence-electron chi connectivity index (χ3n) is 3.42. The van der Waals surface area contributed by atoms with Crippen LogP contribution in [0, 0.1) is 6.92 Å². The average molecular weight is 264 g/mol. The summed E-state index contributed by atoms with van der Waals surface area (Å²) >= 11 is 0. The largest absolute Gasteiger partial charge is 0.271 e.